The summed E-state index contributed by atoms with van der Waals surface area (Å²) < 4.78 is 5.13. The summed E-state index contributed by atoms with van der Waals surface area (Å²) in [5.41, 5.74) is 1.82. The minimum atomic E-state index is -0.625. The molecule has 35 heavy (non-hydrogen) atoms. The summed E-state index contributed by atoms with van der Waals surface area (Å²) in [4.78, 5) is 41.8. The predicted molar refractivity (Wildman–Crippen MR) is 139 cm³/mol. The zero-order chi connectivity index (χ0) is 25.1. The molecule has 1 N–H and O–H groups in total. The highest BCUT2D eigenvalue weighted by Gasteiger charge is 2.41. The van der Waals surface area contributed by atoms with E-state index >= 15 is 0 Å². The molecule has 0 spiro atoms. The van der Waals surface area contributed by atoms with Crippen LogP contribution in [-0.2, 0) is 14.3 Å². The van der Waals surface area contributed by atoms with Gasteiger partial charge in [0, 0.05) is 20.6 Å². The first-order valence-electron chi connectivity index (χ1n) is 10.7. The smallest absolute Gasteiger partial charge is 0.340 e. The van der Waals surface area contributed by atoms with E-state index < -0.39 is 17.8 Å². The van der Waals surface area contributed by atoms with Crippen molar-refractivity contribution in [2.45, 2.75) is 18.7 Å². The van der Waals surface area contributed by atoms with Gasteiger partial charge in [-0.25, -0.2) is 9.69 Å². The lowest BCUT2D eigenvalue weighted by Gasteiger charge is -2.18. The Morgan fingerprint density at radius 3 is 2.29 bits per heavy atom. The number of esters is 1. The summed E-state index contributed by atoms with van der Waals surface area (Å²) >= 11 is 13.4. The number of rotatable bonds is 7. The standard InChI is InChI=1S/C26H20Cl2N2O4S/c1-3-34-26(33)20-6-4-5-7-21(20)30-24(31)22(29-18-13-16(27)12-17(28)14-18)23(25(30)32)35-19-10-8-15(2)9-11-19/h4-14,29H,3H2,1-2H3. The fourth-order valence-electron chi connectivity index (χ4n) is 3.48. The van der Waals surface area contributed by atoms with Crippen molar-refractivity contribution in [2.24, 2.45) is 0 Å². The van der Waals surface area contributed by atoms with Crippen LogP contribution in [-0.4, -0.2) is 24.4 Å². The molecule has 0 saturated heterocycles. The molecule has 1 aliphatic heterocycles. The number of halogens is 2. The zero-order valence-corrected chi connectivity index (χ0v) is 21.1. The number of benzene rings is 3. The highest BCUT2D eigenvalue weighted by Crippen LogP contribution is 2.39. The number of hydrogen-bond acceptors (Lipinski definition) is 6. The molecule has 0 aliphatic carbocycles. The van der Waals surface area contributed by atoms with E-state index in [1.165, 1.54) is 12.1 Å². The molecule has 2 amide bonds. The lowest BCUT2D eigenvalue weighted by Crippen LogP contribution is -2.33. The average molecular weight is 527 g/mol. The van der Waals surface area contributed by atoms with Crippen LogP contribution in [0.4, 0.5) is 11.4 Å². The second kappa shape index (κ2) is 10.6. The number of carbonyl (C=O) groups excluding carboxylic acids is 3. The fraction of sp³-hybridized carbons (Fsp3) is 0.115. The first-order valence-corrected chi connectivity index (χ1v) is 12.2. The molecule has 3 aromatic rings. The molecule has 6 nitrogen and oxygen atoms in total. The minimum absolute atomic E-state index is 0.0533. The van der Waals surface area contributed by atoms with Gasteiger partial charge in [-0.2, -0.15) is 0 Å². The van der Waals surface area contributed by atoms with Crippen LogP contribution in [0.3, 0.4) is 0 Å². The molecule has 0 bridgehead atoms. The molecule has 4 rings (SSSR count). The third kappa shape index (κ3) is 5.37. The lowest BCUT2D eigenvalue weighted by atomic mass is 10.1. The van der Waals surface area contributed by atoms with Gasteiger partial charge < -0.3 is 10.1 Å². The minimum Gasteiger partial charge on any atom is -0.462 e. The van der Waals surface area contributed by atoms with Crippen molar-refractivity contribution in [3.8, 4) is 0 Å². The molecule has 178 valence electrons. The number of thioether (sulfide) groups is 1. The summed E-state index contributed by atoms with van der Waals surface area (Å²) in [6, 6.07) is 18.7. The Morgan fingerprint density at radius 1 is 0.971 bits per heavy atom. The number of anilines is 2. The van der Waals surface area contributed by atoms with Crippen molar-refractivity contribution >= 4 is 64.1 Å². The molecule has 0 aromatic heterocycles. The van der Waals surface area contributed by atoms with E-state index in [1.54, 1.807) is 37.3 Å². The van der Waals surface area contributed by atoms with Crippen molar-refractivity contribution in [1.82, 2.24) is 0 Å². The number of ether oxygens (including phenoxy) is 1. The van der Waals surface area contributed by atoms with Crippen LogP contribution in [0.5, 0.6) is 0 Å². The van der Waals surface area contributed by atoms with Crippen molar-refractivity contribution in [1.29, 1.82) is 0 Å². The van der Waals surface area contributed by atoms with E-state index in [2.05, 4.69) is 5.32 Å². The van der Waals surface area contributed by atoms with Crippen molar-refractivity contribution in [3.63, 3.8) is 0 Å². The second-order valence-corrected chi connectivity index (χ2v) is 9.54. The maximum absolute atomic E-state index is 13.6. The predicted octanol–water partition coefficient (Wildman–Crippen LogP) is 6.47. The summed E-state index contributed by atoms with van der Waals surface area (Å²) in [5, 5.41) is 3.76. The van der Waals surface area contributed by atoms with Crippen LogP contribution in [0.15, 0.2) is 82.2 Å². The molecule has 3 aromatic carbocycles. The molecular weight excluding hydrogens is 507 g/mol. The Bertz CT molecular complexity index is 1340. The summed E-state index contributed by atoms with van der Waals surface area (Å²) in [7, 11) is 0. The number of nitrogens with zero attached hydrogens (tertiary/aromatic N) is 1. The Hall–Kier alpha value is -3.26. The largest absolute Gasteiger partial charge is 0.462 e. The van der Waals surface area contributed by atoms with Crippen LogP contribution in [0.2, 0.25) is 10.0 Å². The Labute approximate surface area is 216 Å². The quantitative estimate of drug-likeness (QED) is 0.281. The van der Waals surface area contributed by atoms with E-state index in [9.17, 15) is 14.4 Å². The molecular formula is C26H20Cl2N2O4S. The van der Waals surface area contributed by atoms with Gasteiger partial charge in [0.05, 0.1) is 17.9 Å². The highest BCUT2D eigenvalue weighted by molar-refractivity contribution is 8.04. The number of para-hydroxylation sites is 1. The van der Waals surface area contributed by atoms with E-state index in [4.69, 9.17) is 27.9 Å². The van der Waals surface area contributed by atoms with Crippen molar-refractivity contribution in [2.75, 3.05) is 16.8 Å². The van der Waals surface area contributed by atoms with Gasteiger partial charge in [0.2, 0.25) is 0 Å². The number of aryl methyl sites for hydroxylation is 1. The van der Waals surface area contributed by atoms with Crippen LogP contribution in [0.1, 0.15) is 22.8 Å². The summed E-state index contributed by atoms with van der Waals surface area (Å²) in [6.45, 7) is 3.80. The molecule has 0 atom stereocenters. The molecule has 1 heterocycles. The van der Waals surface area contributed by atoms with Gasteiger partial charge in [-0.15, -0.1) is 0 Å². The molecule has 0 fully saturated rings. The zero-order valence-electron chi connectivity index (χ0n) is 18.8. The Morgan fingerprint density at radius 2 is 1.63 bits per heavy atom. The van der Waals surface area contributed by atoms with E-state index in [0.29, 0.717) is 15.7 Å². The van der Waals surface area contributed by atoms with Gasteiger partial charge in [-0.05, 0) is 56.3 Å². The van der Waals surface area contributed by atoms with E-state index in [-0.39, 0.29) is 28.5 Å². The SMILES string of the molecule is CCOC(=O)c1ccccc1N1C(=O)C(Nc2cc(Cl)cc(Cl)c2)=C(Sc2ccc(C)cc2)C1=O. The lowest BCUT2D eigenvalue weighted by molar-refractivity contribution is -0.120. The van der Waals surface area contributed by atoms with E-state index in [0.717, 1.165) is 27.1 Å². The topological polar surface area (TPSA) is 75.7 Å². The first kappa shape index (κ1) is 24.9. The number of carbonyl (C=O) groups is 3. The second-order valence-electron chi connectivity index (χ2n) is 7.59. The van der Waals surface area contributed by atoms with Gasteiger partial charge in [-0.1, -0.05) is 64.8 Å². The third-order valence-corrected chi connectivity index (χ3v) is 6.58. The molecule has 0 radical (unpaired) electrons. The molecule has 0 unspecified atom stereocenters. The number of hydrogen-bond donors (Lipinski definition) is 1. The fourth-order valence-corrected chi connectivity index (χ4v) is 4.93. The number of amides is 2. The molecule has 0 saturated carbocycles. The first-order chi connectivity index (χ1) is 16.8. The molecule has 1 aliphatic rings. The highest BCUT2D eigenvalue weighted by atomic mass is 35.5. The van der Waals surface area contributed by atoms with Gasteiger partial charge in [0.15, 0.2) is 0 Å². The maximum atomic E-state index is 13.6. The van der Waals surface area contributed by atoms with Gasteiger partial charge in [0.1, 0.15) is 10.6 Å². The van der Waals surface area contributed by atoms with E-state index in [1.807, 2.05) is 31.2 Å². The van der Waals surface area contributed by atoms with Crippen LogP contribution in [0.25, 0.3) is 0 Å². The molecule has 9 heteroatoms. The van der Waals surface area contributed by atoms with Gasteiger partial charge in [0.25, 0.3) is 11.8 Å². The average Bonchev–Trinajstić information content (AvgIpc) is 3.04. The third-order valence-electron chi connectivity index (χ3n) is 5.05. The number of imide groups is 1. The van der Waals surface area contributed by atoms with Crippen LogP contribution in [0, 0.1) is 6.92 Å². The summed E-state index contributed by atoms with van der Waals surface area (Å²) in [5.74, 6) is -1.80. The Balaban J connectivity index is 1.79. The summed E-state index contributed by atoms with van der Waals surface area (Å²) in [6.07, 6.45) is 0. The van der Waals surface area contributed by atoms with Gasteiger partial charge in [-0.3, -0.25) is 9.59 Å². The monoisotopic (exact) mass is 526 g/mol. The van der Waals surface area contributed by atoms with Gasteiger partial charge >= 0.3 is 5.97 Å². The maximum Gasteiger partial charge on any atom is 0.340 e. The van der Waals surface area contributed by atoms with Crippen molar-refractivity contribution in [3.05, 3.63) is 98.5 Å². The van der Waals surface area contributed by atoms with Crippen molar-refractivity contribution < 1.29 is 19.1 Å². The van der Waals surface area contributed by atoms with Crippen LogP contribution >= 0.6 is 35.0 Å². The Kier molecular flexibility index (Phi) is 7.50. The normalized spacial score (nSPS) is 13.4. The van der Waals surface area contributed by atoms with Crippen LogP contribution < -0.4 is 10.2 Å². The number of nitrogens with one attached hydrogen (secondary N) is 1.